The first-order chi connectivity index (χ1) is 9.17. The molecule has 1 aromatic heterocycles. The third-order valence-corrected chi connectivity index (χ3v) is 4.41. The molecule has 95 valence electrons. The van der Waals surface area contributed by atoms with Gasteiger partial charge in [0.25, 0.3) is 0 Å². The number of hydrogen-bond donors (Lipinski definition) is 0. The number of benzene rings is 2. The van der Waals surface area contributed by atoms with Crippen LogP contribution in [0.15, 0.2) is 36.4 Å². The van der Waals surface area contributed by atoms with Crippen molar-refractivity contribution in [3.8, 4) is 16.2 Å². The average molecular weight is 288 g/mol. The summed E-state index contributed by atoms with van der Waals surface area (Å²) in [6.45, 7) is 2.10. The van der Waals surface area contributed by atoms with Crippen LogP contribution in [0.3, 0.4) is 0 Å². The van der Waals surface area contributed by atoms with Crippen LogP contribution in [0, 0.1) is 13.0 Å². The van der Waals surface area contributed by atoms with E-state index in [1.54, 1.807) is 18.4 Å². The first-order valence-corrected chi connectivity index (χ1v) is 7.13. The molecule has 0 amide bonds. The molecule has 0 aliphatic heterocycles. The summed E-state index contributed by atoms with van der Waals surface area (Å²) >= 11 is 8.02. The maximum absolute atomic E-state index is 6.31. The highest BCUT2D eigenvalue weighted by molar-refractivity contribution is 7.22. The second kappa shape index (κ2) is 4.87. The molecule has 0 saturated heterocycles. The van der Waals surface area contributed by atoms with Crippen molar-refractivity contribution in [2.24, 2.45) is 0 Å². The third kappa shape index (κ3) is 2.34. The van der Waals surface area contributed by atoms with Crippen molar-refractivity contribution < 1.29 is 4.74 Å². The lowest BCUT2D eigenvalue weighted by molar-refractivity contribution is 0.415. The van der Waals surface area contributed by atoms with Crippen molar-refractivity contribution in [3.05, 3.63) is 53.1 Å². The SMILES string of the molecule is COc1ccc(-c2[c]c3ccc(C)cc3s2)c(Cl)c1. The Morgan fingerprint density at radius 3 is 2.74 bits per heavy atom. The molecule has 1 radical (unpaired) electrons. The number of aryl methyl sites for hydroxylation is 1. The smallest absolute Gasteiger partial charge is 0.120 e. The number of thiophene rings is 1. The molecule has 0 N–H and O–H groups in total. The molecule has 3 heteroatoms. The Morgan fingerprint density at radius 2 is 2.00 bits per heavy atom. The Kier molecular flexibility index (Phi) is 3.21. The summed E-state index contributed by atoms with van der Waals surface area (Å²) < 4.78 is 6.41. The van der Waals surface area contributed by atoms with E-state index in [0.29, 0.717) is 5.02 Å². The normalized spacial score (nSPS) is 10.9. The highest BCUT2D eigenvalue weighted by atomic mass is 35.5. The molecule has 3 aromatic rings. The molecule has 19 heavy (non-hydrogen) atoms. The van der Waals surface area contributed by atoms with Crippen LogP contribution in [-0.2, 0) is 0 Å². The quantitative estimate of drug-likeness (QED) is 0.618. The van der Waals surface area contributed by atoms with E-state index in [1.165, 1.54) is 10.3 Å². The Morgan fingerprint density at radius 1 is 1.16 bits per heavy atom. The van der Waals surface area contributed by atoms with Crippen molar-refractivity contribution in [3.63, 3.8) is 0 Å². The zero-order valence-corrected chi connectivity index (χ0v) is 12.2. The molecule has 0 bridgehead atoms. The van der Waals surface area contributed by atoms with Gasteiger partial charge < -0.3 is 4.74 Å². The van der Waals surface area contributed by atoms with Gasteiger partial charge in [-0.2, -0.15) is 0 Å². The van der Waals surface area contributed by atoms with E-state index in [4.69, 9.17) is 16.3 Å². The highest BCUT2D eigenvalue weighted by Crippen LogP contribution is 2.38. The molecule has 0 aliphatic carbocycles. The van der Waals surface area contributed by atoms with E-state index >= 15 is 0 Å². The number of methoxy groups -OCH3 is 1. The minimum Gasteiger partial charge on any atom is -0.497 e. The summed E-state index contributed by atoms with van der Waals surface area (Å²) in [5.74, 6) is 0.769. The minimum atomic E-state index is 0.693. The maximum Gasteiger partial charge on any atom is 0.120 e. The van der Waals surface area contributed by atoms with Gasteiger partial charge in [0, 0.05) is 26.6 Å². The molecule has 3 rings (SSSR count). The fourth-order valence-electron chi connectivity index (χ4n) is 2.00. The zero-order valence-electron chi connectivity index (χ0n) is 10.7. The van der Waals surface area contributed by atoms with Crippen molar-refractivity contribution in [1.29, 1.82) is 0 Å². The standard InChI is InChI=1S/C16H12ClOS/c1-10-3-4-11-8-16(19-15(11)7-10)13-6-5-12(18-2)9-14(13)17/h3-7,9H,1-2H3. The Balaban J connectivity index is 2.13. The van der Waals surface area contributed by atoms with Gasteiger partial charge in [0.05, 0.1) is 12.1 Å². The summed E-state index contributed by atoms with van der Waals surface area (Å²) in [6.07, 6.45) is 0. The van der Waals surface area contributed by atoms with E-state index in [1.807, 2.05) is 18.2 Å². The number of ether oxygens (including phenoxy) is 1. The van der Waals surface area contributed by atoms with Gasteiger partial charge >= 0.3 is 0 Å². The molecule has 0 unspecified atom stereocenters. The average Bonchev–Trinajstić information content (AvgIpc) is 2.81. The largest absolute Gasteiger partial charge is 0.497 e. The summed E-state index contributed by atoms with van der Waals surface area (Å²) in [4.78, 5) is 1.06. The second-order valence-electron chi connectivity index (χ2n) is 4.40. The lowest BCUT2D eigenvalue weighted by Gasteiger charge is -2.04. The fourth-order valence-corrected chi connectivity index (χ4v) is 3.47. The third-order valence-electron chi connectivity index (χ3n) is 3.02. The van der Waals surface area contributed by atoms with Crippen LogP contribution < -0.4 is 4.74 Å². The topological polar surface area (TPSA) is 9.23 Å². The van der Waals surface area contributed by atoms with Gasteiger partial charge in [-0.1, -0.05) is 23.7 Å². The summed E-state index contributed by atoms with van der Waals surface area (Å²) in [5.41, 5.74) is 2.26. The van der Waals surface area contributed by atoms with E-state index in [-0.39, 0.29) is 0 Å². The van der Waals surface area contributed by atoms with E-state index in [9.17, 15) is 0 Å². The molecule has 0 aliphatic rings. The van der Waals surface area contributed by atoms with Crippen LogP contribution in [0.1, 0.15) is 5.56 Å². The van der Waals surface area contributed by atoms with Crippen molar-refractivity contribution in [1.82, 2.24) is 0 Å². The number of halogens is 1. The monoisotopic (exact) mass is 287 g/mol. The molecular formula is C16H12ClOS. The first-order valence-electron chi connectivity index (χ1n) is 5.94. The van der Waals surface area contributed by atoms with E-state index < -0.39 is 0 Å². The predicted molar refractivity (Wildman–Crippen MR) is 82.4 cm³/mol. The second-order valence-corrected chi connectivity index (χ2v) is 5.86. The van der Waals surface area contributed by atoms with Crippen molar-refractivity contribution in [2.75, 3.05) is 7.11 Å². The maximum atomic E-state index is 6.31. The Hall–Kier alpha value is -1.51. The van der Waals surface area contributed by atoms with Crippen LogP contribution >= 0.6 is 22.9 Å². The van der Waals surface area contributed by atoms with Crippen LogP contribution in [-0.4, -0.2) is 7.11 Å². The molecule has 0 fully saturated rings. The summed E-state index contributed by atoms with van der Waals surface area (Å²) in [6, 6.07) is 15.5. The number of rotatable bonds is 2. The molecule has 0 atom stereocenters. The van der Waals surface area contributed by atoms with Gasteiger partial charge in [-0.05, 0) is 36.8 Å². The van der Waals surface area contributed by atoms with E-state index in [0.717, 1.165) is 21.6 Å². The Labute approximate surface area is 121 Å². The molecule has 1 heterocycles. The minimum absolute atomic E-state index is 0.693. The molecule has 1 nitrogen and oxygen atoms in total. The lowest BCUT2D eigenvalue weighted by atomic mass is 10.1. The van der Waals surface area contributed by atoms with Crippen molar-refractivity contribution >= 4 is 33.0 Å². The molecule has 2 aromatic carbocycles. The summed E-state index contributed by atoms with van der Waals surface area (Å²) in [5, 5.41) is 1.83. The Bertz CT molecular complexity index is 746. The van der Waals surface area contributed by atoms with E-state index in [2.05, 4.69) is 31.2 Å². The summed E-state index contributed by atoms with van der Waals surface area (Å²) in [7, 11) is 1.64. The van der Waals surface area contributed by atoms with Gasteiger partial charge in [-0.25, -0.2) is 0 Å². The number of fused-ring (bicyclic) bond motifs is 1. The van der Waals surface area contributed by atoms with Crippen LogP contribution in [0.25, 0.3) is 20.5 Å². The van der Waals surface area contributed by atoms with Gasteiger partial charge in [0.2, 0.25) is 0 Å². The predicted octanol–water partition coefficient (Wildman–Crippen LogP) is 5.34. The van der Waals surface area contributed by atoms with Crippen LogP contribution in [0.4, 0.5) is 0 Å². The lowest BCUT2D eigenvalue weighted by Crippen LogP contribution is -1.83. The molecular weight excluding hydrogens is 276 g/mol. The highest BCUT2D eigenvalue weighted by Gasteiger charge is 2.09. The van der Waals surface area contributed by atoms with Gasteiger partial charge in [-0.15, -0.1) is 11.3 Å². The first kappa shape index (κ1) is 12.5. The van der Waals surface area contributed by atoms with Crippen LogP contribution in [0.2, 0.25) is 5.02 Å². The van der Waals surface area contributed by atoms with Gasteiger partial charge in [0.1, 0.15) is 5.75 Å². The number of hydrogen-bond acceptors (Lipinski definition) is 2. The molecule has 0 spiro atoms. The van der Waals surface area contributed by atoms with Crippen molar-refractivity contribution in [2.45, 2.75) is 6.92 Å². The van der Waals surface area contributed by atoms with Crippen LogP contribution in [0.5, 0.6) is 5.75 Å². The zero-order chi connectivity index (χ0) is 13.4. The van der Waals surface area contributed by atoms with Gasteiger partial charge in [-0.3, -0.25) is 0 Å². The molecule has 0 saturated carbocycles. The van der Waals surface area contributed by atoms with Gasteiger partial charge in [0.15, 0.2) is 0 Å². The fraction of sp³-hybridized carbons (Fsp3) is 0.125.